The minimum absolute atomic E-state index is 0.00982. The minimum Gasteiger partial charge on any atom is -0.497 e. The molecule has 18 heavy (non-hydrogen) atoms. The Morgan fingerprint density at radius 3 is 2.94 bits per heavy atom. The molecule has 0 spiro atoms. The highest BCUT2D eigenvalue weighted by Gasteiger charge is 2.42. The van der Waals surface area contributed by atoms with Gasteiger partial charge in [-0.3, -0.25) is 4.79 Å². The lowest BCUT2D eigenvalue weighted by molar-refractivity contribution is -0.127. The summed E-state index contributed by atoms with van der Waals surface area (Å²) < 4.78 is 5.17. The standard InChI is InChI=1S/C15H21NO2/c1-15(8-4-7-13(15)16)14(17)10-11-5-3-6-12(9-11)18-2/h3,5-6,9,13H,4,7-8,10,16H2,1-2H3. The Balaban J connectivity index is 2.11. The quantitative estimate of drug-likeness (QED) is 0.888. The molecule has 1 aromatic rings. The van der Waals surface area contributed by atoms with Crippen molar-refractivity contribution in [3.8, 4) is 5.75 Å². The Kier molecular flexibility index (Phi) is 3.71. The summed E-state index contributed by atoms with van der Waals surface area (Å²) in [5, 5.41) is 0. The fourth-order valence-electron chi connectivity index (χ4n) is 2.71. The molecule has 0 amide bonds. The Morgan fingerprint density at radius 1 is 1.56 bits per heavy atom. The number of methoxy groups -OCH3 is 1. The van der Waals surface area contributed by atoms with Gasteiger partial charge in [0.25, 0.3) is 0 Å². The summed E-state index contributed by atoms with van der Waals surface area (Å²) in [6.07, 6.45) is 3.38. The van der Waals surface area contributed by atoms with Gasteiger partial charge in [0, 0.05) is 17.9 Å². The van der Waals surface area contributed by atoms with Crippen molar-refractivity contribution in [1.29, 1.82) is 0 Å². The van der Waals surface area contributed by atoms with Crippen LogP contribution in [0.1, 0.15) is 31.7 Å². The van der Waals surface area contributed by atoms with Crippen LogP contribution in [0.3, 0.4) is 0 Å². The number of ketones is 1. The van der Waals surface area contributed by atoms with E-state index in [0.29, 0.717) is 6.42 Å². The van der Waals surface area contributed by atoms with E-state index in [1.165, 1.54) is 0 Å². The number of hydrogen-bond acceptors (Lipinski definition) is 3. The van der Waals surface area contributed by atoms with Crippen LogP contribution < -0.4 is 10.5 Å². The lowest BCUT2D eigenvalue weighted by Gasteiger charge is -2.27. The maximum absolute atomic E-state index is 12.4. The van der Waals surface area contributed by atoms with E-state index in [9.17, 15) is 4.79 Å². The van der Waals surface area contributed by atoms with Crippen LogP contribution in [-0.2, 0) is 11.2 Å². The molecule has 2 N–H and O–H groups in total. The van der Waals surface area contributed by atoms with Gasteiger partial charge in [0.05, 0.1) is 7.11 Å². The monoisotopic (exact) mass is 247 g/mol. The van der Waals surface area contributed by atoms with Gasteiger partial charge >= 0.3 is 0 Å². The van der Waals surface area contributed by atoms with Crippen molar-refractivity contribution in [2.24, 2.45) is 11.1 Å². The van der Waals surface area contributed by atoms with Gasteiger partial charge in [-0.2, -0.15) is 0 Å². The largest absolute Gasteiger partial charge is 0.497 e. The first-order valence-corrected chi connectivity index (χ1v) is 6.48. The average molecular weight is 247 g/mol. The lowest BCUT2D eigenvalue weighted by atomic mass is 9.78. The zero-order chi connectivity index (χ0) is 13.2. The van der Waals surface area contributed by atoms with Crippen molar-refractivity contribution in [1.82, 2.24) is 0 Å². The van der Waals surface area contributed by atoms with Gasteiger partial charge in [0.15, 0.2) is 0 Å². The van der Waals surface area contributed by atoms with Gasteiger partial charge in [-0.05, 0) is 30.5 Å². The first-order chi connectivity index (χ1) is 8.56. The van der Waals surface area contributed by atoms with E-state index in [2.05, 4.69) is 0 Å². The number of carbonyl (C=O) groups excluding carboxylic acids is 1. The second-order valence-corrected chi connectivity index (χ2v) is 5.37. The van der Waals surface area contributed by atoms with E-state index in [1.54, 1.807) is 7.11 Å². The fourth-order valence-corrected chi connectivity index (χ4v) is 2.71. The van der Waals surface area contributed by atoms with E-state index in [4.69, 9.17) is 10.5 Å². The summed E-state index contributed by atoms with van der Waals surface area (Å²) in [5.74, 6) is 1.04. The number of rotatable bonds is 4. The molecule has 0 saturated heterocycles. The number of benzene rings is 1. The molecule has 1 aromatic carbocycles. The van der Waals surface area contributed by atoms with Gasteiger partial charge < -0.3 is 10.5 Å². The van der Waals surface area contributed by atoms with Crippen LogP contribution >= 0.6 is 0 Å². The molecule has 2 unspecified atom stereocenters. The van der Waals surface area contributed by atoms with Crippen LogP contribution in [0.25, 0.3) is 0 Å². The first-order valence-electron chi connectivity index (χ1n) is 6.48. The molecule has 1 saturated carbocycles. The molecule has 1 aliphatic rings. The lowest BCUT2D eigenvalue weighted by Crippen LogP contribution is -2.41. The average Bonchev–Trinajstić information content (AvgIpc) is 2.71. The van der Waals surface area contributed by atoms with Crippen molar-refractivity contribution < 1.29 is 9.53 Å². The predicted octanol–water partition coefficient (Wildman–Crippen LogP) is 2.32. The minimum atomic E-state index is -0.344. The zero-order valence-electron chi connectivity index (χ0n) is 11.1. The normalized spacial score (nSPS) is 27.2. The smallest absolute Gasteiger partial charge is 0.144 e. The van der Waals surface area contributed by atoms with Crippen LogP contribution in [0.15, 0.2) is 24.3 Å². The van der Waals surface area contributed by atoms with Crippen molar-refractivity contribution in [3.63, 3.8) is 0 Å². The molecule has 2 atom stereocenters. The molecule has 2 rings (SSSR count). The second kappa shape index (κ2) is 5.11. The number of ether oxygens (including phenoxy) is 1. The van der Waals surface area contributed by atoms with Gasteiger partial charge in [-0.1, -0.05) is 25.5 Å². The van der Waals surface area contributed by atoms with Crippen LogP contribution in [-0.4, -0.2) is 18.9 Å². The zero-order valence-corrected chi connectivity index (χ0v) is 11.1. The number of Topliss-reactive ketones (excluding diaryl/α,β-unsaturated/α-hetero) is 1. The highest BCUT2D eigenvalue weighted by Crippen LogP contribution is 2.38. The van der Waals surface area contributed by atoms with Crippen LogP contribution in [0, 0.1) is 5.41 Å². The van der Waals surface area contributed by atoms with E-state index < -0.39 is 0 Å². The molecule has 1 aliphatic carbocycles. The summed E-state index contributed by atoms with van der Waals surface area (Å²) in [6, 6.07) is 7.69. The van der Waals surface area contributed by atoms with Crippen molar-refractivity contribution >= 4 is 5.78 Å². The molecule has 3 heteroatoms. The number of carbonyl (C=O) groups is 1. The number of nitrogens with two attached hydrogens (primary N) is 1. The van der Waals surface area contributed by atoms with Crippen LogP contribution in [0.2, 0.25) is 0 Å². The van der Waals surface area contributed by atoms with Gasteiger partial charge in [-0.25, -0.2) is 0 Å². The number of hydrogen-bond donors (Lipinski definition) is 1. The molecule has 0 aromatic heterocycles. The van der Waals surface area contributed by atoms with Gasteiger partial charge in [0.1, 0.15) is 11.5 Å². The third-order valence-corrected chi connectivity index (χ3v) is 4.17. The van der Waals surface area contributed by atoms with Crippen molar-refractivity contribution in [2.75, 3.05) is 7.11 Å². The maximum Gasteiger partial charge on any atom is 0.144 e. The maximum atomic E-state index is 12.4. The summed E-state index contributed by atoms with van der Waals surface area (Å²) >= 11 is 0. The summed E-state index contributed by atoms with van der Waals surface area (Å²) in [4.78, 5) is 12.4. The van der Waals surface area contributed by atoms with Crippen LogP contribution in [0.4, 0.5) is 0 Å². The second-order valence-electron chi connectivity index (χ2n) is 5.37. The predicted molar refractivity (Wildman–Crippen MR) is 71.6 cm³/mol. The van der Waals surface area contributed by atoms with Gasteiger partial charge in [-0.15, -0.1) is 0 Å². The van der Waals surface area contributed by atoms with E-state index >= 15 is 0 Å². The highest BCUT2D eigenvalue weighted by atomic mass is 16.5. The Hall–Kier alpha value is -1.35. The van der Waals surface area contributed by atoms with Gasteiger partial charge in [0.2, 0.25) is 0 Å². The summed E-state index contributed by atoms with van der Waals surface area (Å²) in [7, 11) is 1.63. The van der Waals surface area contributed by atoms with Crippen molar-refractivity contribution in [2.45, 2.75) is 38.6 Å². The van der Waals surface area contributed by atoms with E-state index in [1.807, 2.05) is 31.2 Å². The molecule has 0 radical (unpaired) electrons. The molecule has 0 bridgehead atoms. The fraction of sp³-hybridized carbons (Fsp3) is 0.533. The third kappa shape index (κ3) is 2.41. The molecule has 1 fully saturated rings. The summed E-state index contributed by atoms with van der Waals surface area (Å²) in [5.41, 5.74) is 6.73. The highest BCUT2D eigenvalue weighted by molar-refractivity contribution is 5.87. The molecular formula is C15H21NO2. The third-order valence-electron chi connectivity index (χ3n) is 4.17. The SMILES string of the molecule is COc1cccc(CC(=O)C2(C)CCCC2N)c1. The Labute approximate surface area is 108 Å². The van der Waals surface area contributed by atoms with Crippen LogP contribution in [0.5, 0.6) is 5.75 Å². The Morgan fingerprint density at radius 2 is 2.33 bits per heavy atom. The molecule has 98 valence electrons. The van der Waals surface area contributed by atoms with Crippen molar-refractivity contribution in [3.05, 3.63) is 29.8 Å². The van der Waals surface area contributed by atoms with E-state index in [0.717, 1.165) is 30.6 Å². The Bertz CT molecular complexity index is 444. The molecule has 0 aliphatic heterocycles. The van der Waals surface area contributed by atoms with E-state index in [-0.39, 0.29) is 17.2 Å². The first kappa shape index (κ1) is 13.1. The molecule has 0 heterocycles. The molecular weight excluding hydrogens is 226 g/mol. The topological polar surface area (TPSA) is 52.3 Å². The molecule has 3 nitrogen and oxygen atoms in total. The summed E-state index contributed by atoms with van der Waals surface area (Å²) in [6.45, 7) is 2.01.